The monoisotopic (exact) mass is 248 g/mol. The van der Waals surface area contributed by atoms with Crippen LogP contribution in [0.4, 0.5) is 0 Å². The summed E-state index contributed by atoms with van der Waals surface area (Å²) in [5, 5.41) is -1.02. The fourth-order valence-electron chi connectivity index (χ4n) is 0.906. The topological polar surface area (TPSA) is 68.3 Å². The summed E-state index contributed by atoms with van der Waals surface area (Å²) in [6, 6.07) is 0. The van der Waals surface area contributed by atoms with E-state index in [1.165, 1.54) is 6.92 Å². The Labute approximate surface area is 90.9 Å². The lowest BCUT2D eigenvalue weighted by atomic mass is 10.6. The van der Waals surface area contributed by atoms with Crippen molar-refractivity contribution in [2.75, 3.05) is 17.3 Å². The van der Waals surface area contributed by atoms with Crippen LogP contribution >= 0.6 is 0 Å². The van der Waals surface area contributed by atoms with Crippen molar-refractivity contribution in [1.82, 2.24) is 0 Å². The number of terminal acetylenes is 2. The molecule has 0 heterocycles. The molecule has 0 aromatic rings. The molecule has 0 aromatic carbocycles. The fraction of sp³-hybridized carbons (Fsp3) is 0.556. The molecule has 1 unspecified atom stereocenters. The molecule has 15 heavy (non-hydrogen) atoms. The minimum absolute atomic E-state index is 0.455. The Morgan fingerprint density at radius 1 is 1.07 bits per heavy atom. The van der Waals surface area contributed by atoms with E-state index in [4.69, 9.17) is 12.8 Å². The van der Waals surface area contributed by atoms with E-state index in [2.05, 4.69) is 0 Å². The van der Waals surface area contributed by atoms with Gasteiger partial charge >= 0.3 is 0 Å². The van der Waals surface area contributed by atoms with E-state index in [-0.39, 0.29) is 0 Å². The number of rotatable bonds is 5. The molecule has 0 bridgehead atoms. The maximum atomic E-state index is 11.4. The van der Waals surface area contributed by atoms with Gasteiger partial charge in [0.25, 0.3) is 0 Å². The van der Waals surface area contributed by atoms with Crippen LogP contribution in [0.25, 0.3) is 0 Å². The van der Waals surface area contributed by atoms with Crippen LogP contribution in [0, 0.1) is 24.7 Å². The van der Waals surface area contributed by atoms with Crippen LogP contribution in [-0.4, -0.2) is 39.3 Å². The SMILES string of the molecule is C#CCS(=O)(=O)CC(C)S(=O)(=O)CC#C. The molecule has 0 aliphatic rings. The molecule has 0 radical (unpaired) electrons. The van der Waals surface area contributed by atoms with Crippen molar-refractivity contribution >= 4 is 19.7 Å². The van der Waals surface area contributed by atoms with Crippen LogP contribution in [0.5, 0.6) is 0 Å². The van der Waals surface area contributed by atoms with Crippen molar-refractivity contribution in [2.45, 2.75) is 12.2 Å². The van der Waals surface area contributed by atoms with Crippen LogP contribution in [0.15, 0.2) is 0 Å². The summed E-state index contributed by atoms with van der Waals surface area (Å²) in [7, 11) is -7.06. The van der Waals surface area contributed by atoms with Crippen LogP contribution in [-0.2, 0) is 19.7 Å². The van der Waals surface area contributed by atoms with Crippen molar-refractivity contribution < 1.29 is 16.8 Å². The first kappa shape index (κ1) is 14.0. The van der Waals surface area contributed by atoms with Gasteiger partial charge in [0.05, 0.1) is 11.0 Å². The highest BCUT2D eigenvalue weighted by molar-refractivity contribution is 7.95. The Hall–Kier alpha value is -0.980. The van der Waals surface area contributed by atoms with Crippen LogP contribution in [0.3, 0.4) is 0 Å². The summed E-state index contributed by atoms with van der Waals surface area (Å²) in [5.41, 5.74) is 0. The van der Waals surface area contributed by atoms with E-state index in [0.717, 1.165) is 0 Å². The normalized spacial score (nSPS) is 13.8. The molecule has 0 aliphatic carbocycles. The first-order valence-corrected chi connectivity index (χ1v) is 7.58. The molecule has 0 saturated heterocycles. The molecule has 0 aromatic heterocycles. The summed E-state index contributed by atoms with van der Waals surface area (Å²) < 4.78 is 45.2. The van der Waals surface area contributed by atoms with Gasteiger partial charge in [-0.15, -0.1) is 12.8 Å². The van der Waals surface area contributed by atoms with Gasteiger partial charge in [-0.25, -0.2) is 16.8 Å². The van der Waals surface area contributed by atoms with E-state index in [1.807, 2.05) is 11.8 Å². The van der Waals surface area contributed by atoms with Crippen LogP contribution < -0.4 is 0 Å². The highest BCUT2D eigenvalue weighted by atomic mass is 32.2. The molecule has 0 saturated carbocycles. The van der Waals surface area contributed by atoms with Gasteiger partial charge in [0.15, 0.2) is 19.7 Å². The molecular formula is C9H12O4S2. The zero-order chi connectivity index (χ0) is 12.1. The van der Waals surface area contributed by atoms with Gasteiger partial charge in [-0.2, -0.15) is 0 Å². The van der Waals surface area contributed by atoms with E-state index < -0.39 is 42.2 Å². The molecule has 4 nitrogen and oxygen atoms in total. The second kappa shape index (κ2) is 5.20. The summed E-state index contributed by atoms with van der Waals surface area (Å²) in [4.78, 5) is 0. The van der Waals surface area contributed by atoms with Gasteiger partial charge in [0.2, 0.25) is 0 Å². The quantitative estimate of drug-likeness (QED) is 0.613. The number of sulfone groups is 2. The van der Waals surface area contributed by atoms with E-state index in [9.17, 15) is 16.8 Å². The summed E-state index contributed by atoms with van der Waals surface area (Å²) in [6.45, 7) is 1.31. The lowest BCUT2D eigenvalue weighted by Gasteiger charge is -2.09. The standard InChI is InChI=1S/C9H12O4S2/c1-4-6-14(10,11)8-9(3)15(12,13)7-5-2/h1-2,9H,6-8H2,3H3. The fourth-order valence-corrected chi connectivity index (χ4v) is 3.96. The molecular weight excluding hydrogens is 236 g/mol. The molecule has 6 heteroatoms. The molecule has 0 N–H and O–H groups in total. The second-order valence-corrected chi connectivity index (χ2v) is 7.61. The van der Waals surface area contributed by atoms with Gasteiger partial charge in [-0.1, -0.05) is 11.8 Å². The van der Waals surface area contributed by atoms with Gasteiger partial charge in [-0.05, 0) is 6.92 Å². The minimum atomic E-state index is -3.55. The summed E-state index contributed by atoms with van der Waals surface area (Å²) in [6.07, 6.45) is 9.71. The van der Waals surface area contributed by atoms with Gasteiger partial charge in [-0.3, -0.25) is 0 Å². The number of hydrogen-bond donors (Lipinski definition) is 0. The third-order valence-electron chi connectivity index (χ3n) is 1.69. The lowest BCUT2D eigenvalue weighted by molar-refractivity contribution is 0.581. The van der Waals surface area contributed by atoms with Gasteiger partial charge in [0.1, 0.15) is 11.5 Å². The third-order valence-corrected chi connectivity index (χ3v) is 5.48. The Morgan fingerprint density at radius 2 is 1.53 bits per heavy atom. The minimum Gasteiger partial charge on any atom is -0.228 e. The maximum Gasteiger partial charge on any atom is 0.165 e. The molecule has 0 spiro atoms. The molecule has 0 rings (SSSR count). The highest BCUT2D eigenvalue weighted by Crippen LogP contribution is 2.05. The predicted octanol–water partition coefficient (Wildman–Crippen LogP) is -0.529. The van der Waals surface area contributed by atoms with Crippen molar-refractivity contribution in [3.05, 3.63) is 0 Å². The molecule has 0 amide bonds. The van der Waals surface area contributed by atoms with Crippen molar-refractivity contribution in [2.24, 2.45) is 0 Å². The van der Waals surface area contributed by atoms with E-state index in [1.54, 1.807) is 0 Å². The third kappa shape index (κ3) is 4.87. The predicted molar refractivity (Wildman–Crippen MR) is 59.6 cm³/mol. The largest absolute Gasteiger partial charge is 0.228 e. The smallest absolute Gasteiger partial charge is 0.165 e. The lowest BCUT2D eigenvalue weighted by Crippen LogP contribution is -2.29. The average Bonchev–Trinajstić information content (AvgIpc) is 2.02. The Balaban J connectivity index is 4.75. The van der Waals surface area contributed by atoms with Crippen LogP contribution in [0.1, 0.15) is 6.92 Å². The Bertz CT molecular complexity index is 485. The van der Waals surface area contributed by atoms with Gasteiger partial charge < -0.3 is 0 Å². The highest BCUT2D eigenvalue weighted by Gasteiger charge is 2.25. The zero-order valence-electron chi connectivity index (χ0n) is 8.30. The van der Waals surface area contributed by atoms with Crippen molar-refractivity contribution in [3.63, 3.8) is 0 Å². The first-order chi connectivity index (χ1) is 6.75. The maximum absolute atomic E-state index is 11.4. The van der Waals surface area contributed by atoms with E-state index in [0.29, 0.717) is 0 Å². The van der Waals surface area contributed by atoms with Gasteiger partial charge in [0, 0.05) is 0 Å². The first-order valence-electron chi connectivity index (χ1n) is 4.04. The Morgan fingerprint density at radius 3 is 1.93 bits per heavy atom. The molecule has 84 valence electrons. The molecule has 0 fully saturated rings. The van der Waals surface area contributed by atoms with Crippen LogP contribution in [0.2, 0.25) is 0 Å². The Kier molecular flexibility index (Phi) is 4.86. The summed E-state index contributed by atoms with van der Waals surface area (Å²) in [5.74, 6) is 2.56. The second-order valence-electron chi connectivity index (χ2n) is 3.08. The van der Waals surface area contributed by atoms with Crippen molar-refractivity contribution in [3.8, 4) is 24.7 Å². The zero-order valence-corrected chi connectivity index (χ0v) is 9.94. The number of hydrogen-bond acceptors (Lipinski definition) is 4. The summed E-state index contributed by atoms with van der Waals surface area (Å²) >= 11 is 0. The molecule has 0 aliphatic heterocycles. The average molecular weight is 248 g/mol. The van der Waals surface area contributed by atoms with Crippen molar-refractivity contribution in [1.29, 1.82) is 0 Å². The van der Waals surface area contributed by atoms with E-state index >= 15 is 0 Å². The molecule has 1 atom stereocenters.